The molecule has 0 bridgehead atoms. The molecule has 0 aliphatic heterocycles. The van der Waals surface area contributed by atoms with Gasteiger partial charge in [-0.15, -0.1) is 11.3 Å². The lowest BCUT2D eigenvalue weighted by Gasteiger charge is -2.02. The zero-order valence-corrected chi connectivity index (χ0v) is 11.5. The van der Waals surface area contributed by atoms with E-state index in [0.717, 1.165) is 27.6 Å². The predicted octanol–water partition coefficient (Wildman–Crippen LogP) is 3.17. The van der Waals surface area contributed by atoms with Gasteiger partial charge in [-0.3, -0.25) is 0 Å². The Labute approximate surface area is 111 Å². The normalized spacial score (nSPS) is 11.1. The quantitative estimate of drug-likeness (QED) is 0.889. The first-order chi connectivity index (χ1) is 8.60. The third kappa shape index (κ3) is 2.89. The number of phenols is 1. The number of thiazole rings is 1. The molecule has 3 N–H and O–H groups in total. The van der Waals surface area contributed by atoms with Gasteiger partial charge in [-0.1, -0.05) is 26.0 Å². The Kier molecular flexibility index (Phi) is 3.99. The van der Waals surface area contributed by atoms with Gasteiger partial charge in [0.2, 0.25) is 0 Å². The molecule has 18 heavy (non-hydrogen) atoms. The summed E-state index contributed by atoms with van der Waals surface area (Å²) in [5.41, 5.74) is 7.81. The summed E-state index contributed by atoms with van der Waals surface area (Å²) >= 11 is 1.62. The van der Waals surface area contributed by atoms with E-state index in [4.69, 9.17) is 5.73 Å². The van der Waals surface area contributed by atoms with E-state index >= 15 is 0 Å². The second kappa shape index (κ2) is 5.50. The minimum atomic E-state index is 0.266. The first-order valence-electron chi connectivity index (χ1n) is 6.08. The lowest BCUT2D eigenvalue weighted by Crippen LogP contribution is -2.01. The Balaban J connectivity index is 2.37. The number of hydrogen-bond acceptors (Lipinski definition) is 4. The molecule has 1 aromatic carbocycles. The van der Waals surface area contributed by atoms with Crippen LogP contribution in [0.2, 0.25) is 0 Å². The smallest absolute Gasteiger partial charge is 0.124 e. The SMILES string of the molecule is CC(C)Cc1nc(-c2cccc(O)c2)sc1CN. The number of hydrogen-bond donors (Lipinski definition) is 2. The van der Waals surface area contributed by atoms with Crippen LogP contribution in [0.4, 0.5) is 0 Å². The van der Waals surface area contributed by atoms with E-state index in [1.54, 1.807) is 23.5 Å². The Morgan fingerprint density at radius 2 is 2.17 bits per heavy atom. The first kappa shape index (κ1) is 13.1. The zero-order chi connectivity index (χ0) is 13.1. The molecule has 4 heteroatoms. The molecule has 0 amide bonds. The van der Waals surface area contributed by atoms with Crippen LogP contribution < -0.4 is 5.73 Å². The van der Waals surface area contributed by atoms with Crippen molar-refractivity contribution >= 4 is 11.3 Å². The van der Waals surface area contributed by atoms with Crippen molar-refractivity contribution in [2.24, 2.45) is 11.7 Å². The summed E-state index contributed by atoms with van der Waals surface area (Å²) in [5.74, 6) is 0.830. The highest BCUT2D eigenvalue weighted by Crippen LogP contribution is 2.30. The van der Waals surface area contributed by atoms with Gasteiger partial charge in [0.15, 0.2) is 0 Å². The van der Waals surface area contributed by atoms with Gasteiger partial charge in [-0.25, -0.2) is 4.98 Å². The first-order valence-corrected chi connectivity index (χ1v) is 6.90. The van der Waals surface area contributed by atoms with E-state index in [2.05, 4.69) is 18.8 Å². The molecule has 1 aromatic heterocycles. The number of nitrogens with two attached hydrogens (primary N) is 1. The number of nitrogens with zero attached hydrogens (tertiary/aromatic N) is 1. The van der Waals surface area contributed by atoms with Crippen LogP contribution in [0.5, 0.6) is 5.75 Å². The molecular formula is C14H18N2OS. The lowest BCUT2D eigenvalue weighted by atomic mass is 10.1. The summed E-state index contributed by atoms with van der Waals surface area (Å²) in [6, 6.07) is 7.18. The molecule has 2 rings (SSSR count). The summed E-state index contributed by atoms with van der Waals surface area (Å²) in [4.78, 5) is 5.80. The van der Waals surface area contributed by atoms with Gasteiger partial charge in [-0.2, -0.15) is 0 Å². The molecule has 0 saturated heterocycles. The average Bonchev–Trinajstić information content (AvgIpc) is 2.71. The summed E-state index contributed by atoms with van der Waals surface area (Å²) in [5, 5.41) is 10.4. The molecule has 0 unspecified atom stereocenters. The molecule has 96 valence electrons. The highest BCUT2D eigenvalue weighted by atomic mass is 32.1. The third-order valence-electron chi connectivity index (χ3n) is 2.66. The Bertz CT molecular complexity index is 534. The second-order valence-corrected chi connectivity index (χ2v) is 5.82. The van der Waals surface area contributed by atoms with Crippen molar-refractivity contribution in [1.29, 1.82) is 0 Å². The van der Waals surface area contributed by atoms with Crippen molar-refractivity contribution in [3.05, 3.63) is 34.8 Å². The van der Waals surface area contributed by atoms with Gasteiger partial charge in [0, 0.05) is 17.0 Å². The van der Waals surface area contributed by atoms with E-state index in [0.29, 0.717) is 12.5 Å². The van der Waals surface area contributed by atoms with E-state index < -0.39 is 0 Å². The number of rotatable bonds is 4. The largest absolute Gasteiger partial charge is 0.508 e. The van der Waals surface area contributed by atoms with Crippen molar-refractivity contribution in [1.82, 2.24) is 4.98 Å². The monoisotopic (exact) mass is 262 g/mol. The van der Waals surface area contributed by atoms with Crippen LogP contribution in [0.1, 0.15) is 24.4 Å². The topological polar surface area (TPSA) is 59.1 Å². The molecule has 2 aromatic rings. The second-order valence-electron chi connectivity index (χ2n) is 4.74. The predicted molar refractivity (Wildman–Crippen MR) is 75.6 cm³/mol. The number of benzene rings is 1. The highest BCUT2D eigenvalue weighted by molar-refractivity contribution is 7.15. The van der Waals surface area contributed by atoms with Gasteiger partial charge in [-0.05, 0) is 24.5 Å². The molecule has 0 aliphatic carbocycles. The van der Waals surface area contributed by atoms with Crippen LogP contribution in [0.3, 0.4) is 0 Å². The molecule has 0 aliphatic rings. The van der Waals surface area contributed by atoms with Crippen molar-refractivity contribution in [2.75, 3.05) is 0 Å². The molecule has 0 spiro atoms. The fourth-order valence-electron chi connectivity index (χ4n) is 1.85. The van der Waals surface area contributed by atoms with E-state index in [1.165, 1.54) is 0 Å². The maximum atomic E-state index is 9.51. The Morgan fingerprint density at radius 1 is 1.39 bits per heavy atom. The van der Waals surface area contributed by atoms with Crippen LogP contribution in [-0.4, -0.2) is 10.1 Å². The van der Waals surface area contributed by atoms with Crippen molar-refractivity contribution in [3.63, 3.8) is 0 Å². The van der Waals surface area contributed by atoms with Crippen LogP contribution in [-0.2, 0) is 13.0 Å². The molecule has 0 saturated carbocycles. The van der Waals surface area contributed by atoms with Gasteiger partial charge in [0.1, 0.15) is 10.8 Å². The van der Waals surface area contributed by atoms with Crippen molar-refractivity contribution in [3.8, 4) is 16.3 Å². The third-order valence-corrected chi connectivity index (χ3v) is 3.83. The van der Waals surface area contributed by atoms with E-state index in [9.17, 15) is 5.11 Å². The van der Waals surface area contributed by atoms with Crippen LogP contribution >= 0.6 is 11.3 Å². The molecule has 1 heterocycles. The summed E-state index contributed by atoms with van der Waals surface area (Å²) in [6.07, 6.45) is 0.946. The van der Waals surface area contributed by atoms with E-state index in [1.807, 2.05) is 12.1 Å². The maximum Gasteiger partial charge on any atom is 0.124 e. The van der Waals surface area contributed by atoms with Crippen LogP contribution in [0.25, 0.3) is 10.6 Å². The Hall–Kier alpha value is -1.39. The van der Waals surface area contributed by atoms with Crippen LogP contribution in [0.15, 0.2) is 24.3 Å². The minimum Gasteiger partial charge on any atom is -0.508 e. The highest BCUT2D eigenvalue weighted by Gasteiger charge is 2.12. The number of phenolic OH excluding ortho intramolecular Hbond substituents is 1. The standard InChI is InChI=1S/C14H18N2OS/c1-9(2)6-12-13(8-15)18-14(16-12)10-4-3-5-11(17)7-10/h3-5,7,9,17H,6,8,15H2,1-2H3. The summed E-state index contributed by atoms with van der Waals surface area (Å²) in [7, 11) is 0. The summed E-state index contributed by atoms with van der Waals surface area (Å²) < 4.78 is 0. The average molecular weight is 262 g/mol. The zero-order valence-electron chi connectivity index (χ0n) is 10.7. The van der Waals surface area contributed by atoms with Crippen LogP contribution in [0, 0.1) is 5.92 Å². The molecule has 3 nitrogen and oxygen atoms in total. The maximum absolute atomic E-state index is 9.51. The van der Waals surface area contributed by atoms with E-state index in [-0.39, 0.29) is 5.75 Å². The van der Waals surface area contributed by atoms with Gasteiger partial charge < -0.3 is 10.8 Å². The number of aromatic hydroxyl groups is 1. The summed E-state index contributed by atoms with van der Waals surface area (Å²) in [6.45, 7) is 4.87. The van der Waals surface area contributed by atoms with Crippen molar-refractivity contribution in [2.45, 2.75) is 26.8 Å². The molecule has 0 atom stereocenters. The lowest BCUT2D eigenvalue weighted by molar-refractivity contribution is 0.475. The fraction of sp³-hybridized carbons (Fsp3) is 0.357. The minimum absolute atomic E-state index is 0.266. The number of aromatic nitrogens is 1. The molecule has 0 fully saturated rings. The molecular weight excluding hydrogens is 244 g/mol. The van der Waals surface area contributed by atoms with Gasteiger partial charge in [0.05, 0.1) is 5.69 Å². The van der Waals surface area contributed by atoms with Gasteiger partial charge in [0.25, 0.3) is 0 Å². The fourth-order valence-corrected chi connectivity index (χ4v) is 2.82. The molecule has 0 radical (unpaired) electrons. The van der Waals surface area contributed by atoms with Crippen molar-refractivity contribution < 1.29 is 5.11 Å². The van der Waals surface area contributed by atoms with Gasteiger partial charge >= 0.3 is 0 Å². The Morgan fingerprint density at radius 3 is 2.78 bits per heavy atom.